The Labute approximate surface area is 127 Å². The van der Waals surface area contributed by atoms with Gasteiger partial charge in [-0.2, -0.15) is 0 Å². The molecule has 5 unspecified atom stereocenters. The van der Waals surface area contributed by atoms with Crippen LogP contribution < -0.4 is 5.32 Å². The summed E-state index contributed by atoms with van der Waals surface area (Å²) in [7, 11) is 0. The van der Waals surface area contributed by atoms with Crippen LogP contribution in [0.5, 0.6) is 0 Å². The van der Waals surface area contributed by atoms with E-state index in [1.54, 1.807) is 0 Å². The SMILES string of the molecule is CCCCCC(CC)NC(=O)C1C2C=CC(C2)C1C(=O)O. The zero-order valence-corrected chi connectivity index (χ0v) is 13.0. The number of rotatable bonds is 8. The molecule has 2 aliphatic rings. The zero-order valence-electron chi connectivity index (χ0n) is 13.0. The topological polar surface area (TPSA) is 66.4 Å². The predicted molar refractivity (Wildman–Crippen MR) is 81.7 cm³/mol. The molecular weight excluding hydrogens is 266 g/mol. The summed E-state index contributed by atoms with van der Waals surface area (Å²) in [4.78, 5) is 24.0. The second-order valence-corrected chi connectivity index (χ2v) is 6.45. The molecule has 0 aromatic rings. The van der Waals surface area contributed by atoms with Crippen molar-refractivity contribution in [3.05, 3.63) is 12.2 Å². The molecule has 0 aliphatic heterocycles. The van der Waals surface area contributed by atoms with Gasteiger partial charge in [0.2, 0.25) is 5.91 Å². The Morgan fingerprint density at radius 2 is 1.86 bits per heavy atom. The van der Waals surface area contributed by atoms with Crippen LogP contribution >= 0.6 is 0 Å². The molecule has 1 amide bonds. The molecule has 0 saturated heterocycles. The lowest BCUT2D eigenvalue weighted by molar-refractivity contribution is -0.148. The van der Waals surface area contributed by atoms with Crippen molar-refractivity contribution in [2.45, 2.75) is 58.4 Å². The van der Waals surface area contributed by atoms with E-state index in [1.165, 1.54) is 12.8 Å². The van der Waals surface area contributed by atoms with E-state index in [0.29, 0.717) is 0 Å². The van der Waals surface area contributed by atoms with E-state index in [2.05, 4.69) is 19.2 Å². The maximum absolute atomic E-state index is 12.5. The quantitative estimate of drug-likeness (QED) is 0.534. The number of unbranched alkanes of at least 4 members (excludes halogenated alkanes) is 2. The second kappa shape index (κ2) is 7.10. The molecule has 0 radical (unpaired) electrons. The molecule has 2 aliphatic carbocycles. The fourth-order valence-corrected chi connectivity index (χ4v) is 3.83. The predicted octanol–water partition coefficient (Wildman–Crippen LogP) is 2.98. The van der Waals surface area contributed by atoms with E-state index in [0.717, 1.165) is 25.7 Å². The number of amides is 1. The first kappa shape index (κ1) is 16.1. The lowest BCUT2D eigenvalue weighted by Gasteiger charge is -2.26. The number of fused-ring (bicyclic) bond motifs is 2. The molecule has 0 aromatic heterocycles. The van der Waals surface area contributed by atoms with Gasteiger partial charge in [0.1, 0.15) is 0 Å². The molecule has 2 N–H and O–H groups in total. The Balaban J connectivity index is 1.95. The van der Waals surface area contributed by atoms with Crippen LogP contribution in [0, 0.1) is 23.7 Å². The van der Waals surface area contributed by atoms with Gasteiger partial charge < -0.3 is 10.4 Å². The number of carboxylic acids is 1. The lowest BCUT2D eigenvalue weighted by Crippen LogP contribution is -2.44. The highest BCUT2D eigenvalue weighted by Crippen LogP contribution is 2.48. The number of carboxylic acid groups (broad SMARTS) is 1. The third-order valence-corrected chi connectivity index (χ3v) is 5.04. The summed E-state index contributed by atoms with van der Waals surface area (Å²) in [5.74, 6) is -1.63. The standard InChI is InChI=1S/C17H27NO3/c1-3-5-6-7-13(4-2)18-16(19)14-11-8-9-12(10-11)15(14)17(20)21/h8-9,11-15H,3-7,10H2,1-2H3,(H,18,19)(H,20,21). The summed E-state index contributed by atoms with van der Waals surface area (Å²) in [6.45, 7) is 4.24. The zero-order chi connectivity index (χ0) is 15.4. The molecule has 21 heavy (non-hydrogen) atoms. The van der Waals surface area contributed by atoms with Gasteiger partial charge in [-0.15, -0.1) is 0 Å². The number of hydrogen-bond donors (Lipinski definition) is 2. The van der Waals surface area contributed by atoms with E-state index in [9.17, 15) is 14.7 Å². The molecule has 0 spiro atoms. The van der Waals surface area contributed by atoms with E-state index >= 15 is 0 Å². The second-order valence-electron chi connectivity index (χ2n) is 6.45. The van der Waals surface area contributed by atoms with Gasteiger partial charge in [0.15, 0.2) is 0 Å². The molecular formula is C17H27NO3. The molecule has 0 aromatic carbocycles. The van der Waals surface area contributed by atoms with E-state index in [-0.39, 0.29) is 29.7 Å². The summed E-state index contributed by atoms with van der Waals surface area (Å²) in [5.41, 5.74) is 0. The lowest BCUT2D eigenvalue weighted by atomic mass is 9.82. The van der Waals surface area contributed by atoms with Crippen molar-refractivity contribution >= 4 is 11.9 Å². The molecule has 2 rings (SSSR count). The summed E-state index contributed by atoms with van der Waals surface area (Å²) in [6, 6.07) is 0.182. The van der Waals surface area contributed by atoms with Crippen molar-refractivity contribution in [3.63, 3.8) is 0 Å². The van der Waals surface area contributed by atoms with Crippen LogP contribution in [0.3, 0.4) is 0 Å². The maximum atomic E-state index is 12.5. The van der Waals surface area contributed by atoms with E-state index in [4.69, 9.17) is 0 Å². The summed E-state index contributed by atoms with van der Waals surface area (Å²) >= 11 is 0. The van der Waals surface area contributed by atoms with E-state index in [1.807, 2.05) is 12.2 Å². The largest absolute Gasteiger partial charge is 0.481 e. The Morgan fingerprint density at radius 1 is 1.19 bits per heavy atom. The van der Waals surface area contributed by atoms with Gasteiger partial charge in [0, 0.05) is 6.04 Å². The molecule has 0 heterocycles. The highest BCUT2D eigenvalue weighted by molar-refractivity contribution is 5.87. The minimum absolute atomic E-state index is 0.0448. The fourth-order valence-electron chi connectivity index (χ4n) is 3.83. The highest BCUT2D eigenvalue weighted by Gasteiger charge is 2.51. The third-order valence-electron chi connectivity index (χ3n) is 5.04. The number of carbonyl (C=O) groups is 2. The molecule has 1 fully saturated rings. The average molecular weight is 293 g/mol. The van der Waals surface area contributed by atoms with Crippen LogP contribution in [-0.2, 0) is 9.59 Å². The minimum Gasteiger partial charge on any atom is -0.481 e. The molecule has 2 bridgehead atoms. The van der Waals surface area contributed by atoms with Gasteiger partial charge >= 0.3 is 5.97 Å². The number of allylic oxidation sites excluding steroid dienone is 2. The van der Waals surface area contributed by atoms with Gasteiger partial charge in [-0.05, 0) is 31.1 Å². The van der Waals surface area contributed by atoms with E-state index < -0.39 is 11.9 Å². The van der Waals surface area contributed by atoms with Crippen LogP contribution in [0.4, 0.5) is 0 Å². The van der Waals surface area contributed by atoms with Crippen LogP contribution in [0.15, 0.2) is 12.2 Å². The summed E-state index contributed by atoms with van der Waals surface area (Å²) < 4.78 is 0. The van der Waals surface area contributed by atoms with Crippen molar-refractivity contribution in [1.29, 1.82) is 0 Å². The number of nitrogens with one attached hydrogen (secondary N) is 1. The molecule has 5 atom stereocenters. The van der Waals surface area contributed by atoms with Crippen LogP contribution in [0.25, 0.3) is 0 Å². The smallest absolute Gasteiger partial charge is 0.307 e. The van der Waals surface area contributed by atoms with Crippen molar-refractivity contribution in [3.8, 4) is 0 Å². The number of hydrogen-bond acceptors (Lipinski definition) is 2. The highest BCUT2D eigenvalue weighted by atomic mass is 16.4. The van der Waals surface area contributed by atoms with Gasteiger partial charge in [-0.3, -0.25) is 9.59 Å². The van der Waals surface area contributed by atoms with Crippen molar-refractivity contribution in [1.82, 2.24) is 5.32 Å². The Morgan fingerprint density at radius 3 is 2.43 bits per heavy atom. The normalized spacial score (nSPS) is 31.3. The van der Waals surface area contributed by atoms with Gasteiger partial charge in [0.05, 0.1) is 11.8 Å². The van der Waals surface area contributed by atoms with Gasteiger partial charge in [-0.1, -0.05) is 45.3 Å². The number of aliphatic carboxylic acids is 1. The summed E-state index contributed by atoms with van der Waals surface area (Å²) in [5, 5.41) is 12.5. The monoisotopic (exact) mass is 293 g/mol. The van der Waals surface area contributed by atoms with Crippen molar-refractivity contribution in [2.24, 2.45) is 23.7 Å². The minimum atomic E-state index is -0.828. The fraction of sp³-hybridized carbons (Fsp3) is 0.765. The van der Waals surface area contributed by atoms with Gasteiger partial charge in [-0.25, -0.2) is 0 Å². The first-order valence-electron chi connectivity index (χ1n) is 8.30. The molecule has 4 nitrogen and oxygen atoms in total. The average Bonchev–Trinajstić information content (AvgIpc) is 3.06. The Bertz CT molecular complexity index is 418. The van der Waals surface area contributed by atoms with Crippen LogP contribution in [0.1, 0.15) is 52.4 Å². The maximum Gasteiger partial charge on any atom is 0.307 e. The molecule has 4 heteroatoms. The Hall–Kier alpha value is -1.32. The van der Waals surface area contributed by atoms with Crippen LogP contribution in [0.2, 0.25) is 0 Å². The summed E-state index contributed by atoms with van der Waals surface area (Å²) in [6.07, 6.45) is 10.2. The Kier molecular flexibility index (Phi) is 5.43. The van der Waals surface area contributed by atoms with Gasteiger partial charge in [0.25, 0.3) is 0 Å². The van der Waals surface area contributed by atoms with Crippen molar-refractivity contribution < 1.29 is 14.7 Å². The van der Waals surface area contributed by atoms with Crippen LogP contribution in [-0.4, -0.2) is 23.0 Å². The number of carbonyl (C=O) groups excluding carboxylic acids is 1. The first-order valence-corrected chi connectivity index (χ1v) is 8.30. The van der Waals surface area contributed by atoms with Crippen molar-refractivity contribution in [2.75, 3.05) is 0 Å². The molecule has 118 valence electrons. The third kappa shape index (κ3) is 3.47. The first-order chi connectivity index (χ1) is 10.1. The molecule has 1 saturated carbocycles.